The predicted molar refractivity (Wildman–Crippen MR) is 115 cm³/mol. The van der Waals surface area contributed by atoms with Crippen LogP contribution in [0, 0.1) is 6.92 Å². The van der Waals surface area contributed by atoms with Crippen LogP contribution in [-0.2, 0) is 0 Å². The van der Waals surface area contributed by atoms with E-state index in [0.29, 0.717) is 16.8 Å². The molecule has 0 bridgehead atoms. The molecule has 3 aromatic rings. The van der Waals surface area contributed by atoms with E-state index in [4.69, 9.17) is 17.3 Å². The summed E-state index contributed by atoms with van der Waals surface area (Å²) in [5.41, 5.74) is 2.94. The second-order valence-corrected chi connectivity index (χ2v) is 6.75. The minimum Gasteiger partial charge on any atom is -0.507 e. The number of nitrogens with one attached hydrogen (secondary N) is 2. The first-order valence-corrected chi connectivity index (χ1v) is 9.10. The van der Waals surface area contributed by atoms with Gasteiger partial charge in [-0.1, -0.05) is 42.5 Å². The summed E-state index contributed by atoms with van der Waals surface area (Å²) >= 11 is 5.15. The minimum absolute atomic E-state index is 0.0172. The summed E-state index contributed by atoms with van der Waals surface area (Å²) in [5, 5.41) is 24.3. The second kappa shape index (κ2) is 8.53. The third-order valence-corrected chi connectivity index (χ3v) is 4.47. The molecule has 0 aliphatic heterocycles. The highest BCUT2D eigenvalue weighted by Gasteiger charge is 2.15. The van der Waals surface area contributed by atoms with Crippen molar-refractivity contribution < 1.29 is 19.8 Å². The van der Waals surface area contributed by atoms with Crippen LogP contribution < -0.4 is 10.6 Å². The van der Waals surface area contributed by atoms with E-state index in [0.717, 1.165) is 11.1 Å². The first-order valence-electron chi connectivity index (χ1n) is 8.70. The SMILES string of the molecule is Cc1cc(NC(=S)NC(=O)c2ccc(-c3ccccc3)cc2)cc(C(=O)O)c1O. The van der Waals surface area contributed by atoms with Crippen LogP contribution in [0.2, 0.25) is 0 Å². The molecule has 0 heterocycles. The van der Waals surface area contributed by atoms with Crippen molar-refractivity contribution in [3.05, 3.63) is 83.4 Å². The topological polar surface area (TPSA) is 98.7 Å². The Labute approximate surface area is 172 Å². The molecule has 0 saturated heterocycles. The van der Waals surface area contributed by atoms with Crippen LogP contribution in [0.4, 0.5) is 5.69 Å². The molecule has 0 radical (unpaired) electrons. The number of amides is 1. The summed E-state index contributed by atoms with van der Waals surface area (Å²) in [4.78, 5) is 23.6. The van der Waals surface area contributed by atoms with Crippen LogP contribution >= 0.6 is 12.2 Å². The van der Waals surface area contributed by atoms with Crippen molar-refractivity contribution in [2.24, 2.45) is 0 Å². The van der Waals surface area contributed by atoms with Gasteiger partial charge in [0, 0.05) is 11.3 Å². The van der Waals surface area contributed by atoms with E-state index in [1.807, 2.05) is 42.5 Å². The van der Waals surface area contributed by atoms with Crippen LogP contribution in [0.5, 0.6) is 5.75 Å². The van der Waals surface area contributed by atoms with Crippen LogP contribution in [-0.4, -0.2) is 27.2 Å². The Morgan fingerprint density at radius 1 is 0.931 bits per heavy atom. The highest BCUT2D eigenvalue weighted by Crippen LogP contribution is 2.26. The third-order valence-electron chi connectivity index (χ3n) is 4.27. The first kappa shape index (κ1) is 20.0. The summed E-state index contributed by atoms with van der Waals surface area (Å²) < 4.78 is 0. The predicted octanol–water partition coefficient (Wildman–Crippen LogP) is 4.19. The summed E-state index contributed by atoms with van der Waals surface area (Å²) in [6, 6.07) is 19.7. The van der Waals surface area contributed by atoms with E-state index in [-0.39, 0.29) is 16.4 Å². The fourth-order valence-corrected chi connectivity index (χ4v) is 3.01. The Kier molecular flexibility index (Phi) is 5.90. The molecule has 3 aromatic carbocycles. The Bertz CT molecular complexity index is 1080. The maximum absolute atomic E-state index is 12.4. The number of hydrogen-bond acceptors (Lipinski definition) is 4. The van der Waals surface area contributed by atoms with E-state index >= 15 is 0 Å². The van der Waals surface area contributed by atoms with Crippen LogP contribution in [0.1, 0.15) is 26.3 Å². The molecule has 0 aliphatic carbocycles. The maximum Gasteiger partial charge on any atom is 0.339 e. The van der Waals surface area contributed by atoms with Crippen molar-refractivity contribution in [1.82, 2.24) is 5.32 Å². The highest BCUT2D eigenvalue weighted by atomic mass is 32.1. The van der Waals surface area contributed by atoms with Crippen molar-refractivity contribution in [3.63, 3.8) is 0 Å². The number of thiocarbonyl (C=S) groups is 1. The number of hydrogen-bond donors (Lipinski definition) is 4. The Morgan fingerprint density at radius 3 is 2.17 bits per heavy atom. The molecule has 0 fully saturated rings. The largest absolute Gasteiger partial charge is 0.507 e. The maximum atomic E-state index is 12.4. The average molecular weight is 406 g/mol. The van der Waals surface area contributed by atoms with Crippen molar-refractivity contribution in [2.45, 2.75) is 6.92 Å². The zero-order chi connectivity index (χ0) is 21.0. The fraction of sp³-hybridized carbons (Fsp3) is 0.0455. The van der Waals surface area contributed by atoms with Gasteiger partial charge in [0.05, 0.1) is 0 Å². The Hall–Kier alpha value is -3.71. The zero-order valence-corrected chi connectivity index (χ0v) is 16.3. The summed E-state index contributed by atoms with van der Waals surface area (Å²) in [5.74, 6) is -1.96. The number of carbonyl (C=O) groups excluding carboxylic acids is 1. The van der Waals surface area contributed by atoms with E-state index in [2.05, 4.69) is 10.6 Å². The number of carbonyl (C=O) groups is 2. The minimum atomic E-state index is -1.26. The lowest BCUT2D eigenvalue weighted by molar-refractivity contribution is 0.0693. The number of phenols is 1. The number of rotatable bonds is 4. The van der Waals surface area contributed by atoms with Gasteiger partial charge in [0.2, 0.25) is 0 Å². The van der Waals surface area contributed by atoms with Gasteiger partial charge in [-0.15, -0.1) is 0 Å². The first-order chi connectivity index (χ1) is 13.8. The molecule has 0 spiro atoms. The highest BCUT2D eigenvalue weighted by molar-refractivity contribution is 7.80. The number of aromatic hydroxyl groups is 1. The van der Waals surface area contributed by atoms with Crippen molar-refractivity contribution >= 4 is 34.9 Å². The lowest BCUT2D eigenvalue weighted by atomic mass is 10.0. The lowest BCUT2D eigenvalue weighted by Crippen LogP contribution is -2.34. The van der Waals surface area contributed by atoms with Gasteiger partial charge in [0.25, 0.3) is 5.91 Å². The van der Waals surface area contributed by atoms with Crippen LogP contribution in [0.3, 0.4) is 0 Å². The normalized spacial score (nSPS) is 10.2. The van der Waals surface area contributed by atoms with Gasteiger partial charge in [0.1, 0.15) is 11.3 Å². The molecule has 0 aromatic heterocycles. The zero-order valence-electron chi connectivity index (χ0n) is 15.5. The van der Waals surface area contributed by atoms with Gasteiger partial charge >= 0.3 is 5.97 Å². The molecule has 1 amide bonds. The van der Waals surface area contributed by atoms with Crippen LogP contribution in [0.25, 0.3) is 11.1 Å². The standard InChI is InChI=1S/C22H18N2O4S/c1-13-11-17(12-18(19(13)25)21(27)28)23-22(29)24-20(26)16-9-7-15(8-10-16)14-5-3-2-4-6-14/h2-12,25H,1H3,(H,27,28)(H2,23,24,26,29). The van der Waals surface area contributed by atoms with Gasteiger partial charge < -0.3 is 15.5 Å². The second-order valence-electron chi connectivity index (χ2n) is 6.35. The molecular weight excluding hydrogens is 388 g/mol. The monoisotopic (exact) mass is 406 g/mol. The van der Waals surface area contributed by atoms with Gasteiger partial charge in [-0.05, 0) is 60.1 Å². The number of carboxylic acids is 1. The molecule has 3 rings (SSSR count). The molecule has 0 aliphatic rings. The summed E-state index contributed by atoms with van der Waals surface area (Å²) in [6.45, 7) is 1.57. The average Bonchev–Trinajstić information content (AvgIpc) is 2.71. The number of aromatic carboxylic acids is 1. The van der Waals surface area contributed by atoms with Crippen LogP contribution in [0.15, 0.2) is 66.7 Å². The number of carboxylic acid groups (broad SMARTS) is 1. The number of aryl methyl sites for hydroxylation is 1. The smallest absolute Gasteiger partial charge is 0.339 e. The fourth-order valence-electron chi connectivity index (χ4n) is 2.80. The van der Waals surface area contributed by atoms with E-state index in [1.54, 1.807) is 19.1 Å². The molecule has 146 valence electrons. The molecule has 7 heteroatoms. The van der Waals surface area contributed by atoms with E-state index < -0.39 is 11.9 Å². The summed E-state index contributed by atoms with van der Waals surface area (Å²) in [7, 11) is 0. The van der Waals surface area contributed by atoms with Crippen molar-refractivity contribution in [1.29, 1.82) is 0 Å². The van der Waals surface area contributed by atoms with Gasteiger partial charge in [-0.3, -0.25) is 10.1 Å². The quantitative estimate of drug-likeness (QED) is 0.383. The molecule has 4 N–H and O–H groups in total. The Balaban J connectivity index is 1.68. The molecule has 6 nitrogen and oxygen atoms in total. The van der Waals surface area contributed by atoms with E-state index in [9.17, 15) is 14.7 Å². The Morgan fingerprint density at radius 2 is 1.55 bits per heavy atom. The van der Waals surface area contributed by atoms with Gasteiger partial charge in [-0.25, -0.2) is 4.79 Å². The molecule has 0 saturated carbocycles. The molecular formula is C22H18N2O4S. The van der Waals surface area contributed by atoms with Gasteiger partial charge in [-0.2, -0.15) is 0 Å². The van der Waals surface area contributed by atoms with Gasteiger partial charge in [0.15, 0.2) is 5.11 Å². The lowest BCUT2D eigenvalue weighted by Gasteiger charge is -2.12. The third kappa shape index (κ3) is 4.77. The molecule has 0 atom stereocenters. The van der Waals surface area contributed by atoms with Crippen molar-refractivity contribution in [2.75, 3.05) is 5.32 Å². The molecule has 0 unspecified atom stereocenters. The molecule has 29 heavy (non-hydrogen) atoms. The number of anilines is 1. The van der Waals surface area contributed by atoms with Crippen molar-refractivity contribution in [3.8, 4) is 16.9 Å². The number of benzene rings is 3. The summed E-state index contributed by atoms with van der Waals surface area (Å²) in [6.07, 6.45) is 0. The van der Waals surface area contributed by atoms with E-state index in [1.165, 1.54) is 12.1 Å².